The van der Waals surface area contributed by atoms with Crippen LogP contribution in [0.15, 0.2) is 167 Å². The summed E-state index contributed by atoms with van der Waals surface area (Å²) in [6, 6.07) is 56.6. The van der Waals surface area contributed by atoms with Gasteiger partial charge in [0.2, 0.25) is 0 Å². The van der Waals surface area contributed by atoms with Gasteiger partial charge in [0.15, 0.2) is 0 Å². The van der Waals surface area contributed by atoms with Gasteiger partial charge in [0.05, 0.1) is 5.39 Å². The summed E-state index contributed by atoms with van der Waals surface area (Å²) in [5.41, 5.74) is 13.9. The minimum atomic E-state index is 0.830. The zero-order chi connectivity index (χ0) is 32.1. The van der Waals surface area contributed by atoms with E-state index in [-0.39, 0.29) is 0 Å². The standard InChI is InChI=1S/C47H28O2/c1-2-13-28(14-3-1)46-45(38-25-26-40-44(47(38)49-46)36-22-10-11-24-39(36)48-40)43-34-20-8-6-18-32(34)42(33-19-7-9-21-35(33)43)37-23-12-16-30-27-29-15-4-5-17-31(29)41(30)37/h1-26H,27H2. The lowest BCUT2D eigenvalue weighted by Gasteiger charge is -2.20. The van der Waals surface area contributed by atoms with Crippen molar-refractivity contribution in [3.05, 3.63) is 169 Å². The van der Waals surface area contributed by atoms with E-state index >= 15 is 0 Å². The van der Waals surface area contributed by atoms with Gasteiger partial charge in [-0.2, -0.15) is 0 Å². The van der Waals surface area contributed by atoms with E-state index in [0.29, 0.717) is 0 Å². The summed E-state index contributed by atoms with van der Waals surface area (Å²) < 4.78 is 13.4. The molecule has 0 fully saturated rings. The van der Waals surface area contributed by atoms with Gasteiger partial charge in [0.1, 0.15) is 22.5 Å². The molecule has 1 aliphatic carbocycles. The summed E-state index contributed by atoms with van der Waals surface area (Å²) in [6.07, 6.45) is 0.964. The summed E-state index contributed by atoms with van der Waals surface area (Å²) >= 11 is 0. The molecule has 0 N–H and O–H groups in total. The fourth-order valence-electron chi connectivity index (χ4n) is 8.49. The zero-order valence-electron chi connectivity index (χ0n) is 26.5. The third-order valence-corrected chi connectivity index (χ3v) is 10.5. The van der Waals surface area contributed by atoms with Crippen LogP contribution in [0.1, 0.15) is 11.1 Å². The molecule has 0 radical (unpaired) electrons. The molecule has 0 spiro atoms. The first-order chi connectivity index (χ1) is 24.3. The lowest BCUT2D eigenvalue weighted by molar-refractivity contribution is 0.634. The minimum Gasteiger partial charge on any atom is -0.456 e. The van der Waals surface area contributed by atoms with E-state index in [1.54, 1.807) is 0 Å². The molecule has 2 aromatic heterocycles. The van der Waals surface area contributed by atoms with Crippen molar-refractivity contribution in [3.8, 4) is 44.7 Å². The van der Waals surface area contributed by atoms with E-state index in [1.165, 1.54) is 60.5 Å². The average molecular weight is 625 g/mol. The number of hydrogen-bond donors (Lipinski definition) is 0. The van der Waals surface area contributed by atoms with Crippen molar-refractivity contribution >= 4 is 54.5 Å². The molecule has 10 aromatic rings. The van der Waals surface area contributed by atoms with Crippen LogP contribution in [0.5, 0.6) is 0 Å². The van der Waals surface area contributed by atoms with E-state index in [1.807, 2.05) is 12.1 Å². The molecular weight excluding hydrogens is 597 g/mol. The molecule has 0 bridgehead atoms. The van der Waals surface area contributed by atoms with E-state index in [4.69, 9.17) is 8.83 Å². The lowest BCUT2D eigenvalue weighted by atomic mass is 9.82. The molecule has 228 valence electrons. The van der Waals surface area contributed by atoms with Crippen molar-refractivity contribution in [2.75, 3.05) is 0 Å². The van der Waals surface area contributed by atoms with Gasteiger partial charge in [-0.1, -0.05) is 140 Å². The van der Waals surface area contributed by atoms with Crippen molar-refractivity contribution < 1.29 is 8.83 Å². The Morgan fingerprint density at radius 2 is 0.959 bits per heavy atom. The van der Waals surface area contributed by atoms with Gasteiger partial charge in [-0.3, -0.25) is 0 Å². The van der Waals surface area contributed by atoms with E-state index in [0.717, 1.165) is 56.2 Å². The zero-order valence-corrected chi connectivity index (χ0v) is 26.5. The molecular formula is C47H28O2. The van der Waals surface area contributed by atoms with Crippen molar-refractivity contribution in [3.63, 3.8) is 0 Å². The predicted octanol–water partition coefficient (Wildman–Crippen LogP) is 13.2. The Balaban J connectivity index is 1.31. The molecule has 0 saturated carbocycles. The summed E-state index contributed by atoms with van der Waals surface area (Å²) in [5.74, 6) is 0.867. The highest BCUT2D eigenvalue weighted by Crippen LogP contribution is 2.53. The predicted molar refractivity (Wildman–Crippen MR) is 203 cm³/mol. The molecule has 0 aliphatic heterocycles. The SMILES string of the molecule is c1ccc(-c2oc3c(ccc4oc5ccccc5c43)c2-c2c3ccccc3c(-c3cccc4c3-c3ccccc3C4)c3ccccc23)cc1. The minimum absolute atomic E-state index is 0.830. The van der Waals surface area contributed by atoms with Gasteiger partial charge in [0, 0.05) is 27.5 Å². The molecule has 0 atom stereocenters. The first kappa shape index (κ1) is 26.7. The molecule has 2 nitrogen and oxygen atoms in total. The van der Waals surface area contributed by atoms with Crippen LogP contribution in [0, 0.1) is 0 Å². The molecule has 0 unspecified atom stereocenters. The Bertz CT molecular complexity index is 2900. The fourth-order valence-corrected chi connectivity index (χ4v) is 8.49. The smallest absolute Gasteiger partial charge is 0.147 e. The molecule has 8 aromatic carbocycles. The van der Waals surface area contributed by atoms with Crippen LogP contribution >= 0.6 is 0 Å². The maximum Gasteiger partial charge on any atom is 0.147 e. The quantitative estimate of drug-likeness (QED) is 0.183. The monoisotopic (exact) mass is 624 g/mol. The largest absolute Gasteiger partial charge is 0.456 e. The van der Waals surface area contributed by atoms with Crippen molar-refractivity contribution in [1.29, 1.82) is 0 Å². The van der Waals surface area contributed by atoms with E-state index in [2.05, 4.69) is 146 Å². The molecule has 1 aliphatic rings. The van der Waals surface area contributed by atoms with Crippen LogP contribution in [0.25, 0.3) is 99.2 Å². The number of para-hydroxylation sites is 1. The number of hydrogen-bond acceptors (Lipinski definition) is 2. The Morgan fingerprint density at radius 3 is 1.73 bits per heavy atom. The molecule has 0 saturated heterocycles. The number of benzene rings is 8. The summed E-state index contributed by atoms with van der Waals surface area (Å²) in [5, 5.41) is 8.03. The van der Waals surface area contributed by atoms with Crippen molar-refractivity contribution in [2.45, 2.75) is 6.42 Å². The number of furan rings is 2. The highest BCUT2D eigenvalue weighted by molar-refractivity contribution is 6.28. The third kappa shape index (κ3) is 3.71. The van der Waals surface area contributed by atoms with Crippen LogP contribution in [-0.4, -0.2) is 0 Å². The van der Waals surface area contributed by atoms with Gasteiger partial charge >= 0.3 is 0 Å². The highest BCUT2D eigenvalue weighted by atomic mass is 16.3. The number of rotatable bonds is 3. The van der Waals surface area contributed by atoms with Crippen LogP contribution in [0.2, 0.25) is 0 Å². The Labute approximate surface area is 282 Å². The molecule has 2 heterocycles. The summed E-state index contributed by atoms with van der Waals surface area (Å²) in [6.45, 7) is 0. The normalized spacial score (nSPS) is 12.4. The van der Waals surface area contributed by atoms with Crippen LogP contribution in [-0.2, 0) is 6.42 Å². The van der Waals surface area contributed by atoms with Crippen molar-refractivity contribution in [2.24, 2.45) is 0 Å². The van der Waals surface area contributed by atoms with Gasteiger partial charge in [0.25, 0.3) is 0 Å². The fraction of sp³-hybridized carbons (Fsp3) is 0.0213. The lowest BCUT2D eigenvalue weighted by Crippen LogP contribution is -1.93. The molecule has 11 rings (SSSR count). The maximum absolute atomic E-state index is 7.07. The van der Waals surface area contributed by atoms with Crippen molar-refractivity contribution in [1.82, 2.24) is 0 Å². The van der Waals surface area contributed by atoms with Gasteiger partial charge in [-0.05, 0) is 79.5 Å². The first-order valence-corrected chi connectivity index (χ1v) is 16.9. The first-order valence-electron chi connectivity index (χ1n) is 16.9. The van der Waals surface area contributed by atoms with Crippen LogP contribution in [0.4, 0.5) is 0 Å². The topological polar surface area (TPSA) is 26.3 Å². The molecule has 49 heavy (non-hydrogen) atoms. The second-order valence-electron chi connectivity index (χ2n) is 13.1. The Hall–Kier alpha value is -6.38. The third-order valence-electron chi connectivity index (χ3n) is 10.5. The average Bonchev–Trinajstić information content (AvgIpc) is 3.85. The Kier molecular flexibility index (Phi) is 5.47. The van der Waals surface area contributed by atoms with Gasteiger partial charge in [-0.15, -0.1) is 0 Å². The highest BCUT2D eigenvalue weighted by Gasteiger charge is 2.28. The molecule has 2 heteroatoms. The van der Waals surface area contributed by atoms with Gasteiger partial charge in [-0.25, -0.2) is 0 Å². The summed E-state index contributed by atoms with van der Waals surface area (Å²) in [4.78, 5) is 0. The maximum atomic E-state index is 7.07. The van der Waals surface area contributed by atoms with Crippen LogP contribution in [0.3, 0.4) is 0 Å². The second-order valence-corrected chi connectivity index (χ2v) is 13.1. The molecule has 0 amide bonds. The number of fused-ring (bicyclic) bond motifs is 10. The van der Waals surface area contributed by atoms with E-state index in [9.17, 15) is 0 Å². The summed E-state index contributed by atoms with van der Waals surface area (Å²) in [7, 11) is 0. The van der Waals surface area contributed by atoms with Gasteiger partial charge < -0.3 is 8.83 Å². The second kappa shape index (κ2) is 10.1. The van der Waals surface area contributed by atoms with Crippen LogP contribution < -0.4 is 0 Å². The van der Waals surface area contributed by atoms with E-state index < -0.39 is 0 Å². The Morgan fingerprint density at radius 1 is 0.347 bits per heavy atom.